The Morgan fingerprint density at radius 2 is 0.756 bits per heavy atom. The summed E-state index contributed by atoms with van der Waals surface area (Å²) in [5.74, 6) is 0. The van der Waals surface area contributed by atoms with Crippen LogP contribution in [0.25, 0.3) is 56.5 Å². The Hall–Kier alpha value is -4.94. The third-order valence-electron chi connectivity index (χ3n) is 9.33. The van der Waals surface area contributed by atoms with Crippen molar-refractivity contribution in [2.75, 3.05) is 0 Å². The van der Waals surface area contributed by atoms with E-state index in [2.05, 4.69) is 133 Å². The largest absolute Gasteiger partial charge is 0.0619 e. The zero-order valence-corrected chi connectivity index (χ0v) is 22.8. The third-order valence-corrected chi connectivity index (χ3v) is 9.33. The molecule has 0 spiro atoms. The predicted molar refractivity (Wildman–Crippen MR) is 176 cm³/mol. The maximum Gasteiger partial charge on any atom is -0.00132 e. The van der Waals surface area contributed by atoms with Crippen LogP contribution in [-0.4, -0.2) is 0 Å². The average Bonchev–Trinajstić information content (AvgIpc) is 3.75. The minimum absolute atomic E-state index is 0.973. The molecule has 0 aromatic heterocycles. The molecule has 6 aromatic rings. The lowest BCUT2D eigenvalue weighted by atomic mass is 9.83. The number of hydrogen-bond acceptors (Lipinski definition) is 0. The molecule has 3 aliphatic carbocycles. The van der Waals surface area contributed by atoms with Crippen molar-refractivity contribution in [3.05, 3.63) is 165 Å². The molecular weight excluding hydrogens is 492 g/mol. The number of allylic oxidation sites excluding steroid dienone is 3. The summed E-state index contributed by atoms with van der Waals surface area (Å²) in [6, 6.07) is 42.9. The molecule has 0 heteroatoms. The highest BCUT2D eigenvalue weighted by molar-refractivity contribution is 6.19. The van der Waals surface area contributed by atoms with Gasteiger partial charge in [0.05, 0.1) is 0 Å². The van der Waals surface area contributed by atoms with Crippen molar-refractivity contribution >= 4 is 56.5 Å². The minimum atomic E-state index is 0.973. The number of hydrogen-bond donors (Lipinski definition) is 0. The molecule has 6 aromatic carbocycles. The van der Waals surface area contributed by atoms with Crippen molar-refractivity contribution in [1.82, 2.24) is 0 Å². The molecule has 0 bridgehead atoms. The van der Waals surface area contributed by atoms with Crippen LogP contribution in [-0.2, 0) is 19.3 Å². The molecule has 0 N–H and O–H groups in total. The topological polar surface area (TPSA) is 0 Å². The van der Waals surface area contributed by atoms with Gasteiger partial charge < -0.3 is 0 Å². The van der Waals surface area contributed by atoms with Crippen molar-refractivity contribution in [1.29, 1.82) is 0 Å². The summed E-state index contributed by atoms with van der Waals surface area (Å²) in [5, 5.41) is 5.43. The van der Waals surface area contributed by atoms with Crippen molar-refractivity contribution in [3.63, 3.8) is 0 Å². The normalized spacial score (nSPS) is 15.0. The Kier molecular flexibility index (Phi) is 4.89. The van der Waals surface area contributed by atoms with Gasteiger partial charge in [-0.1, -0.05) is 127 Å². The highest BCUT2D eigenvalue weighted by Gasteiger charge is 2.25. The molecule has 0 aliphatic heterocycles. The van der Waals surface area contributed by atoms with E-state index in [1.807, 2.05) is 0 Å². The van der Waals surface area contributed by atoms with Crippen molar-refractivity contribution in [3.8, 4) is 0 Å². The van der Waals surface area contributed by atoms with E-state index in [1.54, 1.807) is 0 Å². The van der Waals surface area contributed by atoms with E-state index < -0.39 is 0 Å². The maximum absolute atomic E-state index is 2.49. The van der Waals surface area contributed by atoms with Crippen LogP contribution in [0.3, 0.4) is 0 Å². The predicted octanol–water partition coefficient (Wildman–Crippen LogP) is 10.3. The lowest BCUT2D eigenvalue weighted by Gasteiger charge is -2.20. The summed E-state index contributed by atoms with van der Waals surface area (Å²) in [7, 11) is 0. The Morgan fingerprint density at radius 3 is 1.29 bits per heavy atom. The molecule has 0 saturated heterocycles. The number of benzene rings is 6. The van der Waals surface area contributed by atoms with Gasteiger partial charge in [0.2, 0.25) is 0 Å². The lowest BCUT2D eigenvalue weighted by molar-refractivity contribution is 1.31. The van der Waals surface area contributed by atoms with E-state index in [-0.39, 0.29) is 0 Å². The molecule has 192 valence electrons. The quantitative estimate of drug-likeness (QED) is 0.204. The summed E-state index contributed by atoms with van der Waals surface area (Å²) in [4.78, 5) is 0. The summed E-state index contributed by atoms with van der Waals surface area (Å²) in [6.45, 7) is 0. The fourth-order valence-electron chi connectivity index (χ4n) is 7.42. The first-order valence-corrected chi connectivity index (χ1v) is 14.7. The molecule has 0 nitrogen and oxygen atoms in total. The Bertz CT molecular complexity index is 2170. The van der Waals surface area contributed by atoms with Crippen LogP contribution in [0.1, 0.15) is 50.1 Å². The lowest BCUT2D eigenvalue weighted by Crippen LogP contribution is -1.98. The third kappa shape index (κ3) is 3.54. The first-order chi connectivity index (χ1) is 20.3. The van der Waals surface area contributed by atoms with Crippen LogP contribution in [0, 0.1) is 0 Å². The Morgan fingerprint density at radius 1 is 0.341 bits per heavy atom. The van der Waals surface area contributed by atoms with E-state index in [9.17, 15) is 0 Å². The second-order valence-corrected chi connectivity index (χ2v) is 11.7. The van der Waals surface area contributed by atoms with Crippen molar-refractivity contribution < 1.29 is 0 Å². The molecule has 0 amide bonds. The number of fused-ring (bicyclic) bond motifs is 5. The maximum atomic E-state index is 2.49. The molecule has 0 radical (unpaired) electrons. The molecule has 0 heterocycles. The summed E-state index contributed by atoms with van der Waals surface area (Å²) in [5.41, 5.74) is 16.7. The minimum Gasteiger partial charge on any atom is -0.0619 e. The highest BCUT2D eigenvalue weighted by Crippen LogP contribution is 2.46. The standard InChI is InChI=1S/C41H28/c1-2-10-27-20-33(19-26(27)9-1)32-17-18-38-39(25-32)41(35-23-30-13-5-6-14-31(30)24-35)37-16-8-7-15-36(37)40(38)34-21-28-11-3-4-12-29(28)22-34/h1-19,21,23,25H,20,22,24H2. The van der Waals surface area contributed by atoms with Gasteiger partial charge in [0.15, 0.2) is 0 Å². The van der Waals surface area contributed by atoms with Gasteiger partial charge in [-0.3, -0.25) is 0 Å². The van der Waals surface area contributed by atoms with Gasteiger partial charge in [-0.15, -0.1) is 0 Å². The van der Waals surface area contributed by atoms with Gasteiger partial charge in [0, 0.05) is 0 Å². The molecule has 3 aliphatic rings. The summed E-state index contributed by atoms with van der Waals surface area (Å²) < 4.78 is 0. The van der Waals surface area contributed by atoms with E-state index in [0.29, 0.717) is 0 Å². The smallest absolute Gasteiger partial charge is 0.00132 e. The Balaban J connectivity index is 1.32. The molecule has 0 unspecified atom stereocenters. The van der Waals surface area contributed by atoms with Gasteiger partial charge in [-0.05, 0) is 114 Å². The van der Waals surface area contributed by atoms with Crippen molar-refractivity contribution in [2.24, 2.45) is 0 Å². The highest BCUT2D eigenvalue weighted by atomic mass is 14.3. The molecule has 0 atom stereocenters. The van der Waals surface area contributed by atoms with Crippen LogP contribution < -0.4 is 0 Å². The van der Waals surface area contributed by atoms with Gasteiger partial charge in [-0.2, -0.15) is 0 Å². The van der Waals surface area contributed by atoms with Crippen LogP contribution in [0.4, 0.5) is 0 Å². The second-order valence-electron chi connectivity index (χ2n) is 11.7. The zero-order valence-electron chi connectivity index (χ0n) is 22.8. The molecule has 0 fully saturated rings. The summed E-state index contributed by atoms with van der Waals surface area (Å²) in [6.07, 6.45) is 10.2. The zero-order chi connectivity index (χ0) is 26.9. The molecule has 41 heavy (non-hydrogen) atoms. The first kappa shape index (κ1) is 22.8. The molecular formula is C41H28. The molecule has 9 rings (SSSR count). The van der Waals surface area contributed by atoms with Crippen LogP contribution in [0.15, 0.2) is 115 Å². The second kappa shape index (κ2) is 8.78. The van der Waals surface area contributed by atoms with Crippen LogP contribution >= 0.6 is 0 Å². The SMILES string of the molecule is C1=C(c2ccc3c(C4=Cc5ccccc5C4)c4ccccc4c(C4=Cc5ccccc5C4)c3c2)Cc2ccccc21. The van der Waals surface area contributed by atoms with Gasteiger partial charge in [0.25, 0.3) is 0 Å². The van der Waals surface area contributed by atoms with E-state index in [4.69, 9.17) is 0 Å². The summed E-state index contributed by atoms with van der Waals surface area (Å²) >= 11 is 0. The average molecular weight is 521 g/mol. The van der Waals surface area contributed by atoms with Crippen LogP contribution in [0.5, 0.6) is 0 Å². The van der Waals surface area contributed by atoms with E-state index >= 15 is 0 Å². The van der Waals surface area contributed by atoms with Crippen molar-refractivity contribution in [2.45, 2.75) is 19.3 Å². The fourth-order valence-corrected chi connectivity index (χ4v) is 7.42. The monoisotopic (exact) mass is 520 g/mol. The van der Waals surface area contributed by atoms with Gasteiger partial charge >= 0.3 is 0 Å². The fraction of sp³-hybridized carbons (Fsp3) is 0.0732. The first-order valence-electron chi connectivity index (χ1n) is 14.7. The van der Waals surface area contributed by atoms with E-state index in [0.717, 1.165) is 19.3 Å². The molecule has 0 saturated carbocycles. The number of rotatable bonds is 3. The Labute approximate surface area is 240 Å². The van der Waals surface area contributed by atoms with E-state index in [1.165, 1.54) is 88.3 Å². The van der Waals surface area contributed by atoms with Gasteiger partial charge in [-0.25, -0.2) is 0 Å². The van der Waals surface area contributed by atoms with Crippen LogP contribution in [0.2, 0.25) is 0 Å². The van der Waals surface area contributed by atoms with Gasteiger partial charge in [0.1, 0.15) is 0 Å².